The topological polar surface area (TPSA) is 63.2 Å². The van der Waals surface area contributed by atoms with Crippen molar-refractivity contribution in [1.29, 1.82) is 0 Å². The van der Waals surface area contributed by atoms with E-state index in [0.717, 1.165) is 11.3 Å². The second kappa shape index (κ2) is 5.92. The molecule has 5 nitrogen and oxygen atoms in total. The molecular formula is C9H11N3O2S. The minimum Gasteiger partial charge on any atom is -0.469 e. The number of nitrogens with zero attached hydrogens (tertiary/aromatic N) is 1. The number of hydrogen-bond donors (Lipinski definition) is 2. The quantitative estimate of drug-likeness (QED) is 0.436. The Bertz CT molecular complexity index is 357. The van der Waals surface area contributed by atoms with Gasteiger partial charge in [0.1, 0.15) is 0 Å². The van der Waals surface area contributed by atoms with Crippen LogP contribution in [0, 0.1) is 0 Å². The second-order valence-corrected chi connectivity index (χ2v) is 2.96. The normalized spacial score (nSPS) is 9.13. The molecule has 0 fully saturated rings. The van der Waals surface area contributed by atoms with Crippen LogP contribution >= 0.6 is 12.2 Å². The van der Waals surface area contributed by atoms with Crippen LogP contribution in [0.4, 0.5) is 5.69 Å². The average Bonchev–Trinajstić information content (AvgIpc) is 2.26. The lowest BCUT2D eigenvalue weighted by molar-refractivity contribution is -0.139. The Labute approximate surface area is 92.8 Å². The first kappa shape index (κ1) is 11.4. The highest BCUT2D eigenvalue weighted by Gasteiger charge is 2.03. The molecule has 6 heteroatoms. The molecule has 0 aliphatic rings. The fourth-order valence-corrected chi connectivity index (χ4v) is 1.06. The van der Waals surface area contributed by atoms with Gasteiger partial charge in [0.15, 0.2) is 0 Å². The van der Waals surface area contributed by atoms with Crippen LogP contribution < -0.4 is 10.9 Å². The number of methoxy groups -OCH3 is 1. The van der Waals surface area contributed by atoms with Crippen molar-refractivity contribution in [2.24, 2.45) is 0 Å². The van der Waals surface area contributed by atoms with E-state index in [-0.39, 0.29) is 12.4 Å². The van der Waals surface area contributed by atoms with Crippen molar-refractivity contribution in [3.05, 3.63) is 24.0 Å². The predicted molar refractivity (Wildman–Crippen MR) is 60.4 cm³/mol. The molecule has 80 valence electrons. The number of rotatable bonds is 5. The van der Waals surface area contributed by atoms with Crippen LogP contribution in [0.25, 0.3) is 0 Å². The monoisotopic (exact) mass is 225 g/mol. The van der Waals surface area contributed by atoms with Crippen LogP contribution in [0.2, 0.25) is 0 Å². The SMILES string of the molecule is COC(=O)Cc1cncc(NNC=S)c1. The first-order valence-corrected chi connectivity index (χ1v) is 4.69. The van der Waals surface area contributed by atoms with E-state index in [1.54, 1.807) is 18.5 Å². The minimum absolute atomic E-state index is 0.205. The van der Waals surface area contributed by atoms with Gasteiger partial charge >= 0.3 is 5.97 Å². The van der Waals surface area contributed by atoms with Crippen LogP contribution in [-0.4, -0.2) is 23.6 Å². The van der Waals surface area contributed by atoms with E-state index in [4.69, 9.17) is 0 Å². The van der Waals surface area contributed by atoms with Gasteiger partial charge in [-0.1, -0.05) is 12.2 Å². The molecule has 0 saturated heterocycles. The Morgan fingerprint density at radius 1 is 1.67 bits per heavy atom. The maximum atomic E-state index is 11.0. The summed E-state index contributed by atoms with van der Waals surface area (Å²) in [7, 11) is 1.35. The van der Waals surface area contributed by atoms with Gasteiger partial charge in [-0.15, -0.1) is 0 Å². The van der Waals surface area contributed by atoms with Gasteiger partial charge in [0.05, 0.1) is 30.9 Å². The maximum Gasteiger partial charge on any atom is 0.310 e. The van der Waals surface area contributed by atoms with E-state index < -0.39 is 0 Å². The number of hydrogen-bond acceptors (Lipinski definition) is 5. The number of carbonyl (C=O) groups is 1. The Balaban J connectivity index is 2.65. The molecule has 0 aliphatic heterocycles. The molecule has 0 atom stereocenters. The number of hydrazine groups is 1. The fourth-order valence-electron chi connectivity index (χ4n) is 1.00. The zero-order chi connectivity index (χ0) is 11.1. The molecule has 1 rings (SSSR count). The zero-order valence-electron chi connectivity index (χ0n) is 8.19. The zero-order valence-corrected chi connectivity index (χ0v) is 9.00. The number of nitrogens with one attached hydrogen (secondary N) is 2. The van der Waals surface area contributed by atoms with Crippen molar-refractivity contribution in [2.75, 3.05) is 12.5 Å². The van der Waals surface area contributed by atoms with E-state index in [0.29, 0.717) is 0 Å². The highest BCUT2D eigenvalue weighted by molar-refractivity contribution is 7.78. The van der Waals surface area contributed by atoms with Gasteiger partial charge in [-0.3, -0.25) is 20.6 Å². The maximum absolute atomic E-state index is 11.0. The third kappa shape index (κ3) is 3.90. The Hall–Kier alpha value is -1.69. The van der Waals surface area contributed by atoms with Crippen LogP contribution in [0.3, 0.4) is 0 Å². The van der Waals surface area contributed by atoms with Crippen molar-refractivity contribution in [2.45, 2.75) is 6.42 Å². The third-order valence-corrected chi connectivity index (χ3v) is 1.76. The molecule has 15 heavy (non-hydrogen) atoms. The van der Waals surface area contributed by atoms with Gasteiger partial charge in [-0.25, -0.2) is 0 Å². The van der Waals surface area contributed by atoms with Crippen LogP contribution in [0.1, 0.15) is 5.56 Å². The first-order valence-electron chi connectivity index (χ1n) is 4.22. The van der Waals surface area contributed by atoms with Gasteiger partial charge in [-0.05, 0) is 11.6 Å². The van der Waals surface area contributed by atoms with E-state index >= 15 is 0 Å². The molecule has 0 spiro atoms. The van der Waals surface area contributed by atoms with Crippen molar-refractivity contribution in [3.63, 3.8) is 0 Å². The molecule has 0 unspecified atom stereocenters. The first-order chi connectivity index (χ1) is 7.26. The Morgan fingerprint density at radius 2 is 2.47 bits per heavy atom. The minimum atomic E-state index is -0.295. The molecular weight excluding hydrogens is 214 g/mol. The summed E-state index contributed by atoms with van der Waals surface area (Å²) in [6.45, 7) is 0. The largest absolute Gasteiger partial charge is 0.469 e. The standard InChI is InChI=1S/C9H11N3O2S/c1-14-9(13)3-7-2-8(5-10-4-7)12-11-6-15/h2,4-6,12H,3H2,1H3,(H,11,15). The van der Waals surface area contributed by atoms with Crippen molar-refractivity contribution >= 4 is 29.4 Å². The van der Waals surface area contributed by atoms with Gasteiger partial charge < -0.3 is 4.74 Å². The Morgan fingerprint density at radius 3 is 3.13 bits per heavy atom. The summed E-state index contributed by atoms with van der Waals surface area (Å²) in [5.74, 6) is -0.295. The van der Waals surface area contributed by atoms with E-state index in [1.165, 1.54) is 12.6 Å². The lowest BCUT2D eigenvalue weighted by Gasteiger charge is -2.05. The summed E-state index contributed by atoms with van der Waals surface area (Å²) < 4.78 is 4.55. The van der Waals surface area contributed by atoms with E-state index in [2.05, 4.69) is 32.8 Å². The Kier molecular flexibility index (Phi) is 4.49. The van der Waals surface area contributed by atoms with E-state index in [1.807, 2.05) is 0 Å². The molecule has 1 heterocycles. The number of esters is 1. The van der Waals surface area contributed by atoms with Gasteiger partial charge in [-0.2, -0.15) is 0 Å². The van der Waals surface area contributed by atoms with Crippen LogP contribution in [-0.2, 0) is 16.0 Å². The lowest BCUT2D eigenvalue weighted by atomic mass is 10.2. The highest BCUT2D eigenvalue weighted by atomic mass is 32.1. The molecule has 0 aromatic carbocycles. The van der Waals surface area contributed by atoms with Gasteiger partial charge in [0, 0.05) is 6.20 Å². The van der Waals surface area contributed by atoms with Gasteiger partial charge in [0.2, 0.25) is 0 Å². The predicted octanol–water partition coefficient (Wildman–Crippen LogP) is 0.671. The number of pyridine rings is 1. The van der Waals surface area contributed by atoms with Crippen molar-refractivity contribution < 1.29 is 9.53 Å². The molecule has 0 saturated carbocycles. The second-order valence-electron chi connectivity index (χ2n) is 2.72. The number of ether oxygens (including phenoxy) is 1. The molecule has 2 N–H and O–H groups in total. The summed E-state index contributed by atoms with van der Waals surface area (Å²) in [6.07, 6.45) is 3.43. The summed E-state index contributed by atoms with van der Waals surface area (Å²) in [4.78, 5) is 15.0. The lowest BCUT2D eigenvalue weighted by Crippen LogP contribution is -2.18. The molecule has 0 aliphatic carbocycles. The molecule has 1 aromatic heterocycles. The smallest absolute Gasteiger partial charge is 0.310 e. The fraction of sp³-hybridized carbons (Fsp3) is 0.222. The molecule has 0 amide bonds. The summed E-state index contributed by atoms with van der Waals surface area (Å²) in [6, 6.07) is 1.79. The molecule has 1 aromatic rings. The molecule has 0 bridgehead atoms. The average molecular weight is 225 g/mol. The highest BCUT2D eigenvalue weighted by Crippen LogP contribution is 2.07. The number of carbonyl (C=O) groups excluding carboxylic acids is 1. The van der Waals surface area contributed by atoms with Crippen molar-refractivity contribution in [1.82, 2.24) is 10.4 Å². The summed E-state index contributed by atoms with van der Waals surface area (Å²) in [5.41, 5.74) is 8.29. The number of aromatic nitrogens is 1. The molecule has 0 radical (unpaired) electrons. The van der Waals surface area contributed by atoms with Crippen LogP contribution in [0.15, 0.2) is 18.5 Å². The summed E-state index contributed by atoms with van der Waals surface area (Å²) >= 11 is 4.58. The number of anilines is 1. The van der Waals surface area contributed by atoms with Crippen molar-refractivity contribution in [3.8, 4) is 0 Å². The third-order valence-electron chi connectivity index (χ3n) is 1.65. The van der Waals surface area contributed by atoms with E-state index in [9.17, 15) is 4.79 Å². The van der Waals surface area contributed by atoms with Gasteiger partial charge in [0.25, 0.3) is 0 Å². The number of thiocarbonyl (C=S) groups is 1. The van der Waals surface area contributed by atoms with Crippen LogP contribution in [0.5, 0.6) is 0 Å². The summed E-state index contributed by atoms with van der Waals surface area (Å²) in [5, 5.41) is 0.